The molecule has 0 amide bonds. The van der Waals surface area contributed by atoms with Crippen LogP contribution in [0.4, 0.5) is 0 Å². The smallest absolute Gasteiger partial charge is 0.0746 e. The van der Waals surface area contributed by atoms with E-state index in [1.165, 1.54) is 12.0 Å². The molecule has 0 fully saturated rings. The quantitative estimate of drug-likeness (QED) is 0.780. The van der Waals surface area contributed by atoms with Crippen LogP contribution in [-0.2, 0) is 4.74 Å². The lowest BCUT2D eigenvalue weighted by molar-refractivity contribution is 0.0207. The summed E-state index contributed by atoms with van der Waals surface area (Å²) in [5, 5.41) is 3.60. The molecule has 1 N–H and O–H groups in total. The summed E-state index contributed by atoms with van der Waals surface area (Å²) in [6, 6.07) is 11.1. The van der Waals surface area contributed by atoms with Gasteiger partial charge in [0, 0.05) is 19.7 Å². The van der Waals surface area contributed by atoms with Crippen LogP contribution in [0.3, 0.4) is 0 Å². The molecule has 1 aromatic carbocycles. The topological polar surface area (TPSA) is 21.3 Å². The van der Waals surface area contributed by atoms with Gasteiger partial charge in [-0.3, -0.25) is 0 Å². The molecule has 0 aromatic heterocycles. The molecule has 1 unspecified atom stereocenters. The molecule has 1 aromatic rings. The molecule has 1 rings (SSSR count). The summed E-state index contributed by atoms with van der Waals surface area (Å²) in [7, 11) is 1.76. The first kappa shape index (κ1) is 14.2. The van der Waals surface area contributed by atoms with E-state index >= 15 is 0 Å². The maximum absolute atomic E-state index is 5.44. The van der Waals surface area contributed by atoms with Crippen LogP contribution in [0.1, 0.15) is 45.2 Å². The molecule has 0 saturated carbocycles. The normalized spacial score (nSPS) is 13.6. The van der Waals surface area contributed by atoms with Gasteiger partial charge in [-0.1, -0.05) is 43.7 Å². The molecule has 0 heterocycles. The van der Waals surface area contributed by atoms with Crippen molar-refractivity contribution in [3.63, 3.8) is 0 Å². The van der Waals surface area contributed by atoms with Gasteiger partial charge in [0.2, 0.25) is 0 Å². The number of benzene rings is 1. The molecule has 0 aliphatic carbocycles. The Balaban J connectivity index is 2.61. The van der Waals surface area contributed by atoms with Crippen molar-refractivity contribution < 1.29 is 4.74 Å². The summed E-state index contributed by atoms with van der Waals surface area (Å²) in [6.07, 6.45) is 2.34. The van der Waals surface area contributed by atoms with E-state index in [0.29, 0.717) is 6.04 Å². The van der Waals surface area contributed by atoms with Crippen molar-refractivity contribution in [1.82, 2.24) is 5.32 Å². The van der Waals surface area contributed by atoms with Crippen LogP contribution in [0.25, 0.3) is 0 Å². The second kappa shape index (κ2) is 6.77. The van der Waals surface area contributed by atoms with E-state index in [4.69, 9.17) is 4.74 Å². The van der Waals surface area contributed by atoms with Crippen LogP contribution < -0.4 is 5.32 Å². The van der Waals surface area contributed by atoms with Gasteiger partial charge in [0.1, 0.15) is 0 Å². The Hall–Kier alpha value is -0.860. The Morgan fingerprint density at radius 1 is 1.24 bits per heavy atom. The standard InChI is InChI=1S/C15H25NO/c1-5-9-14(13-10-7-6-8-11-13)16-12-15(2,3)17-4/h6-8,10-11,14,16H,5,9,12H2,1-4H3. The van der Waals surface area contributed by atoms with Gasteiger partial charge in [0.05, 0.1) is 5.60 Å². The summed E-state index contributed by atoms with van der Waals surface area (Å²) >= 11 is 0. The Morgan fingerprint density at radius 2 is 1.88 bits per heavy atom. The zero-order valence-corrected chi connectivity index (χ0v) is 11.5. The third-order valence-electron chi connectivity index (χ3n) is 3.11. The molecule has 0 bridgehead atoms. The molecule has 2 nitrogen and oxygen atoms in total. The van der Waals surface area contributed by atoms with Crippen molar-refractivity contribution in [3.05, 3.63) is 35.9 Å². The van der Waals surface area contributed by atoms with Crippen molar-refractivity contribution in [2.24, 2.45) is 0 Å². The fourth-order valence-electron chi connectivity index (χ4n) is 1.80. The van der Waals surface area contributed by atoms with E-state index in [0.717, 1.165) is 13.0 Å². The zero-order chi connectivity index (χ0) is 12.7. The largest absolute Gasteiger partial charge is 0.377 e. The molecular formula is C15H25NO. The van der Waals surface area contributed by atoms with E-state index in [1.807, 2.05) is 0 Å². The van der Waals surface area contributed by atoms with Crippen molar-refractivity contribution in [2.45, 2.75) is 45.3 Å². The summed E-state index contributed by atoms with van der Waals surface area (Å²) < 4.78 is 5.44. The maximum Gasteiger partial charge on any atom is 0.0746 e. The minimum atomic E-state index is -0.110. The van der Waals surface area contributed by atoms with Crippen LogP contribution in [0.2, 0.25) is 0 Å². The molecule has 17 heavy (non-hydrogen) atoms. The molecule has 1 atom stereocenters. The Kier molecular flexibility index (Phi) is 5.66. The first-order valence-electron chi connectivity index (χ1n) is 6.42. The SMILES string of the molecule is CCCC(NCC(C)(C)OC)c1ccccc1. The fraction of sp³-hybridized carbons (Fsp3) is 0.600. The van der Waals surface area contributed by atoms with Gasteiger partial charge in [0.25, 0.3) is 0 Å². The molecule has 0 saturated heterocycles. The highest BCUT2D eigenvalue weighted by Crippen LogP contribution is 2.19. The minimum absolute atomic E-state index is 0.110. The summed E-state index contributed by atoms with van der Waals surface area (Å²) in [6.45, 7) is 7.30. The monoisotopic (exact) mass is 235 g/mol. The van der Waals surface area contributed by atoms with Crippen molar-refractivity contribution in [1.29, 1.82) is 0 Å². The highest BCUT2D eigenvalue weighted by atomic mass is 16.5. The Labute approximate surface area is 105 Å². The van der Waals surface area contributed by atoms with Crippen LogP contribution in [0.5, 0.6) is 0 Å². The van der Waals surface area contributed by atoms with Crippen molar-refractivity contribution >= 4 is 0 Å². The molecule has 0 aliphatic heterocycles. The first-order chi connectivity index (χ1) is 8.09. The van der Waals surface area contributed by atoms with Gasteiger partial charge in [0.15, 0.2) is 0 Å². The average Bonchev–Trinajstić information content (AvgIpc) is 2.35. The molecule has 0 aliphatic rings. The summed E-state index contributed by atoms with van der Waals surface area (Å²) in [5.41, 5.74) is 1.25. The van der Waals surface area contributed by atoms with Crippen molar-refractivity contribution in [3.8, 4) is 0 Å². The highest BCUT2D eigenvalue weighted by molar-refractivity contribution is 5.18. The zero-order valence-electron chi connectivity index (χ0n) is 11.5. The second-order valence-electron chi connectivity index (χ2n) is 5.10. The predicted molar refractivity (Wildman–Crippen MR) is 73.2 cm³/mol. The predicted octanol–water partition coefficient (Wildman–Crippen LogP) is 3.54. The Bertz CT molecular complexity index is 308. The van der Waals surface area contributed by atoms with E-state index < -0.39 is 0 Å². The van der Waals surface area contributed by atoms with E-state index in [-0.39, 0.29) is 5.60 Å². The van der Waals surface area contributed by atoms with Gasteiger partial charge in [-0.15, -0.1) is 0 Å². The lowest BCUT2D eigenvalue weighted by Crippen LogP contribution is -2.38. The third-order valence-corrected chi connectivity index (χ3v) is 3.11. The van der Waals surface area contributed by atoms with Crippen LogP contribution >= 0.6 is 0 Å². The Morgan fingerprint density at radius 3 is 2.41 bits per heavy atom. The second-order valence-corrected chi connectivity index (χ2v) is 5.10. The fourth-order valence-corrected chi connectivity index (χ4v) is 1.80. The molecule has 0 radical (unpaired) electrons. The average molecular weight is 235 g/mol. The number of nitrogens with one attached hydrogen (secondary N) is 1. The number of ether oxygens (including phenoxy) is 1. The van der Waals surface area contributed by atoms with Crippen molar-refractivity contribution in [2.75, 3.05) is 13.7 Å². The van der Waals surface area contributed by atoms with Crippen LogP contribution in [0.15, 0.2) is 30.3 Å². The first-order valence-corrected chi connectivity index (χ1v) is 6.42. The highest BCUT2D eigenvalue weighted by Gasteiger charge is 2.18. The number of methoxy groups -OCH3 is 1. The van der Waals surface area contributed by atoms with E-state index in [2.05, 4.69) is 56.4 Å². The molecule has 0 spiro atoms. The summed E-state index contributed by atoms with van der Waals surface area (Å²) in [5.74, 6) is 0. The third kappa shape index (κ3) is 4.88. The van der Waals surface area contributed by atoms with Gasteiger partial charge in [-0.05, 0) is 25.8 Å². The number of hydrogen-bond acceptors (Lipinski definition) is 2. The van der Waals surface area contributed by atoms with Gasteiger partial charge >= 0.3 is 0 Å². The van der Waals surface area contributed by atoms with E-state index in [9.17, 15) is 0 Å². The maximum atomic E-state index is 5.44. The van der Waals surface area contributed by atoms with Gasteiger partial charge in [-0.2, -0.15) is 0 Å². The lowest BCUT2D eigenvalue weighted by atomic mass is 10.0. The summed E-state index contributed by atoms with van der Waals surface area (Å²) in [4.78, 5) is 0. The molecule has 2 heteroatoms. The van der Waals surface area contributed by atoms with Gasteiger partial charge in [-0.25, -0.2) is 0 Å². The lowest BCUT2D eigenvalue weighted by Gasteiger charge is -2.27. The molecular weight excluding hydrogens is 210 g/mol. The minimum Gasteiger partial charge on any atom is -0.377 e. The molecule has 96 valence electrons. The van der Waals surface area contributed by atoms with Crippen LogP contribution in [0, 0.1) is 0 Å². The number of rotatable bonds is 7. The van der Waals surface area contributed by atoms with E-state index in [1.54, 1.807) is 7.11 Å². The van der Waals surface area contributed by atoms with Crippen LogP contribution in [-0.4, -0.2) is 19.3 Å². The van der Waals surface area contributed by atoms with Gasteiger partial charge < -0.3 is 10.1 Å². The number of hydrogen-bond donors (Lipinski definition) is 1.